The third kappa shape index (κ3) is 2.98. The second kappa shape index (κ2) is 6.65. The summed E-state index contributed by atoms with van der Waals surface area (Å²) in [4.78, 5) is 7.23. The van der Waals surface area contributed by atoms with Crippen molar-refractivity contribution in [1.29, 1.82) is 0 Å². The Bertz CT molecular complexity index is 446. The Kier molecular flexibility index (Phi) is 5.90. The minimum absolute atomic E-state index is 0. The zero-order valence-corrected chi connectivity index (χ0v) is 14.1. The maximum Gasteiger partial charge on any atom is 0.123 e. The molecular formula is C14H26Cl2N4. The number of rotatable bonds is 2. The fraction of sp³-hybridized carbons (Fsp3) is 0.786. The average Bonchev–Trinajstić information content (AvgIpc) is 2.71. The molecule has 1 aromatic rings. The highest BCUT2D eigenvalue weighted by Gasteiger charge is 2.39. The smallest absolute Gasteiger partial charge is 0.123 e. The highest BCUT2D eigenvalue weighted by Crippen LogP contribution is 2.35. The van der Waals surface area contributed by atoms with Gasteiger partial charge >= 0.3 is 0 Å². The van der Waals surface area contributed by atoms with Crippen LogP contribution in [-0.4, -0.2) is 33.6 Å². The molecule has 2 N–H and O–H groups in total. The molecule has 6 heteroatoms. The number of aryl methyl sites for hydroxylation is 1. The average molecular weight is 321 g/mol. The summed E-state index contributed by atoms with van der Waals surface area (Å²) in [5, 5.41) is 0. The van der Waals surface area contributed by atoms with Crippen LogP contribution >= 0.6 is 24.8 Å². The molecule has 0 radical (unpaired) electrons. The van der Waals surface area contributed by atoms with Crippen molar-refractivity contribution < 1.29 is 0 Å². The maximum atomic E-state index is 6.25. The number of nitrogens with zero attached hydrogens (tertiary/aromatic N) is 3. The first-order valence-electron chi connectivity index (χ1n) is 7.03. The largest absolute Gasteiger partial charge is 0.334 e. The fourth-order valence-electron chi connectivity index (χ4n) is 3.62. The summed E-state index contributed by atoms with van der Waals surface area (Å²) in [6.45, 7) is 7.52. The Balaban J connectivity index is 0.000001000. The van der Waals surface area contributed by atoms with Crippen LogP contribution in [-0.2, 0) is 13.6 Å². The molecular weight excluding hydrogens is 295 g/mol. The molecule has 0 aromatic carbocycles. The Labute approximate surface area is 133 Å². The maximum absolute atomic E-state index is 6.25. The van der Waals surface area contributed by atoms with Crippen molar-refractivity contribution in [2.24, 2.45) is 24.6 Å². The SMILES string of the molecule is Cc1nc(CN2C[C@H]3CC[C@@H](C2)C3N)n(C)c1C.Cl.Cl. The Morgan fingerprint density at radius 2 is 1.70 bits per heavy atom. The van der Waals surface area contributed by atoms with Crippen LogP contribution in [0.25, 0.3) is 0 Å². The summed E-state index contributed by atoms with van der Waals surface area (Å²) in [5.41, 5.74) is 8.69. The second-order valence-corrected chi connectivity index (χ2v) is 6.13. The van der Waals surface area contributed by atoms with Gasteiger partial charge in [0.05, 0.1) is 12.2 Å². The second-order valence-electron chi connectivity index (χ2n) is 6.13. The van der Waals surface area contributed by atoms with E-state index in [1.807, 2.05) is 0 Å². The minimum atomic E-state index is 0. The van der Waals surface area contributed by atoms with E-state index in [1.54, 1.807) is 0 Å². The molecule has 0 amide bonds. The third-order valence-corrected chi connectivity index (χ3v) is 5.06. The van der Waals surface area contributed by atoms with Crippen LogP contribution in [0.5, 0.6) is 0 Å². The number of piperidine rings is 1. The fourth-order valence-corrected chi connectivity index (χ4v) is 3.62. The molecule has 1 saturated heterocycles. The van der Waals surface area contributed by atoms with Crippen LogP contribution in [0.1, 0.15) is 30.1 Å². The third-order valence-electron chi connectivity index (χ3n) is 5.06. The molecule has 2 fully saturated rings. The normalized spacial score (nSPS) is 28.9. The van der Waals surface area contributed by atoms with E-state index in [1.165, 1.54) is 24.4 Å². The number of fused-ring (bicyclic) bond motifs is 2. The summed E-state index contributed by atoms with van der Waals surface area (Å²) in [7, 11) is 2.12. The van der Waals surface area contributed by atoms with E-state index in [0.29, 0.717) is 17.9 Å². The summed E-state index contributed by atoms with van der Waals surface area (Å²) in [6.07, 6.45) is 2.64. The highest BCUT2D eigenvalue weighted by atomic mass is 35.5. The molecule has 20 heavy (non-hydrogen) atoms. The molecule has 2 bridgehead atoms. The molecule has 1 aliphatic carbocycles. The van der Waals surface area contributed by atoms with Crippen molar-refractivity contribution in [1.82, 2.24) is 14.5 Å². The number of hydrogen-bond donors (Lipinski definition) is 1. The Hall–Kier alpha value is -0.290. The lowest BCUT2D eigenvalue weighted by Gasteiger charge is -2.35. The lowest BCUT2D eigenvalue weighted by atomic mass is 9.93. The van der Waals surface area contributed by atoms with Crippen LogP contribution in [0.15, 0.2) is 0 Å². The number of imidazole rings is 1. The van der Waals surface area contributed by atoms with Gasteiger partial charge in [-0.2, -0.15) is 0 Å². The van der Waals surface area contributed by atoms with Crippen LogP contribution < -0.4 is 5.73 Å². The van der Waals surface area contributed by atoms with Crippen LogP contribution in [0, 0.1) is 25.7 Å². The van der Waals surface area contributed by atoms with Crippen molar-refractivity contribution >= 4 is 24.8 Å². The van der Waals surface area contributed by atoms with Gasteiger partial charge in [-0.1, -0.05) is 0 Å². The van der Waals surface area contributed by atoms with Gasteiger partial charge < -0.3 is 10.3 Å². The first kappa shape index (κ1) is 17.8. The standard InChI is InChI=1S/C14H24N4.2ClH/c1-9-10(2)17(3)13(16-9)8-18-6-11-4-5-12(7-18)14(11)15;;/h11-12,14H,4-8,15H2,1-3H3;2*1H/t11-,12+,14?;;. The zero-order chi connectivity index (χ0) is 12.9. The molecule has 1 aliphatic heterocycles. The van der Waals surface area contributed by atoms with Crippen LogP contribution in [0.3, 0.4) is 0 Å². The summed E-state index contributed by atoms with van der Waals surface area (Å²) in [6, 6.07) is 0.450. The number of halogens is 2. The molecule has 3 atom stereocenters. The van der Waals surface area contributed by atoms with Gasteiger partial charge in [0.1, 0.15) is 5.82 Å². The van der Waals surface area contributed by atoms with Crippen molar-refractivity contribution in [3.05, 3.63) is 17.2 Å². The van der Waals surface area contributed by atoms with E-state index >= 15 is 0 Å². The number of nitrogens with two attached hydrogens (primary N) is 1. The van der Waals surface area contributed by atoms with Gasteiger partial charge in [0.2, 0.25) is 0 Å². The molecule has 2 aliphatic rings. The predicted octanol–water partition coefficient (Wildman–Crippen LogP) is 2.05. The van der Waals surface area contributed by atoms with Crippen molar-refractivity contribution in [2.45, 2.75) is 39.3 Å². The monoisotopic (exact) mass is 320 g/mol. The van der Waals surface area contributed by atoms with Gasteiger partial charge in [0, 0.05) is 31.9 Å². The molecule has 1 saturated carbocycles. The molecule has 1 unspecified atom stereocenters. The predicted molar refractivity (Wildman–Crippen MR) is 86.6 cm³/mol. The topological polar surface area (TPSA) is 47.1 Å². The minimum Gasteiger partial charge on any atom is -0.334 e. The number of aromatic nitrogens is 2. The molecule has 116 valence electrons. The van der Waals surface area contributed by atoms with E-state index in [2.05, 4.69) is 35.3 Å². The van der Waals surface area contributed by atoms with Gasteiger partial charge in [0.15, 0.2) is 0 Å². The van der Waals surface area contributed by atoms with E-state index in [9.17, 15) is 0 Å². The molecule has 2 heterocycles. The molecule has 4 nitrogen and oxygen atoms in total. The van der Waals surface area contributed by atoms with Gasteiger partial charge in [-0.05, 0) is 38.5 Å². The lowest BCUT2D eigenvalue weighted by Crippen LogP contribution is -2.48. The Morgan fingerprint density at radius 1 is 1.15 bits per heavy atom. The molecule has 1 aromatic heterocycles. The first-order chi connectivity index (χ1) is 8.56. The molecule has 3 rings (SSSR count). The van der Waals surface area contributed by atoms with E-state index in [0.717, 1.165) is 25.3 Å². The Morgan fingerprint density at radius 3 is 2.15 bits per heavy atom. The van der Waals surface area contributed by atoms with E-state index in [4.69, 9.17) is 5.73 Å². The van der Waals surface area contributed by atoms with Crippen LogP contribution in [0.2, 0.25) is 0 Å². The van der Waals surface area contributed by atoms with E-state index < -0.39 is 0 Å². The quantitative estimate of drug-likeness (QED) is 0.907. The highest BCUT2D eigenvalue weighted by molar-refractivity contribution is 5.85. The van der Waals surface area contributed by atoms with Crippen LogP contribution in [0.4, 0.5) is 0 Å². The first-order valence-corrected chi connectivity index (χ1v) is 7.03. The summed E-state index contributed by atoms with van der Waals surface area (Å²) < 4.78 is 2.23. The zero-order valence-electron chi connectivity index (χ0n) is 12.5. The van der Waals surface area contributed by atoms with Gasteiger partial charge in [-0.15, -0.1) is 24.8 Å². The van der Waals surface area contributed by atoms with Crippen molar-refractivity contribution in [3.8, 4) is 0 Å². The van der Waals surface area contributed by atoms with Gasteiger partial charge in [-0.25, -0.2) is 4.98 Å². The van der Waals surface area contributed by atoms with E-state index in [-0.39, 0.29) is 24.8 Å². The summed E-state index contributed by atoms with van der Waals surface area (Å²) >= 11 is 0. The number of hydrogen-bond acceptors (Lipinski definition) is 3. The van der Waals surface area contributed by atoms with Gasteiger partial charge in [0.25, 0.3) is 0 Å². The van der Waals surface area contributed by atoms with Gasteiger partial charge in [-0.3, -0.25) is 4.90 Å². The van der Waals surface area contributed by atoms with Crippen molar-refractivity contribution in [2.75, 3.05) is 13.1 Å². The summed E-state index contributed by atoms with van der Waals surface area (Å²) in [5.74, 6) is 2.62. The van der Waals surface area contributed by atoms with Crippen molar-refractivity contribution in [3.63, 3.8) is 0 Å². The number of likely N-dealkylation sites (tertiary alicyclic amines) is 1. The lowest BCUT2D eigenvalue weighted by molar-refractivity contribution is 0.136. The molecule has 0 spiro atoms.